The standard InChI is InChI=1S/C12H24N2O3/c1-9(15)5-6-13-11(17)8-14-10(16)7-12(2,3)4/h9,15H,5-8H2,1-4H3,(H,13,17)(H,14,16). The molecule has 0 bridgehead atoms. The number of rotatable bonds is 6. The molecule has 1 unspecified atom stereocenters. The number of amides is 2. The van der Waals surface area contributed by atoms with Gasteiger partial charge in [0.05, 0.1) is 12.6 Å². The second-order valence-electron chi connectivity index (χ2n) is 5.50. The first kappa shape index (κ1) is 15.9. The molecule has 0 aliphatic carbocycles. The van der Waals surface area contributed by atoms with Crippen LogP contribution in [0.25, 0.3) is 0 Å². The van der Waals surface area contributed by atoms with E-state index < -0.39 is 6.10 Å². The first-order chi connectivity index (χ1) is 7.70. The van der Waals surface area contributed by atoms with Crippen molar-refractivity contribution in [3.8, 4) is 0 Å². The molecule has 0 rings (SSSR count). The molecule has 5 heteroatoms. The van der Waals surface area contributed by atoms with Gasteiger partial charge in [0.1, 0.15) is 0 Å². The summed E-state index contributed by atoms with van der Waals surface area (Å²) in [5.41, 5.74) is -0.0765. The Morgan fingerprint density at radius 2 is 1.76 bits per heavy atom. The van der Waals surface area contributed by atoms with E-state index in [1.165, 1.54) is 0 Å². The molecule has 0 saturated heterocycles. The normalized spacial score (nSPS) is 13.0. The second-order valence-corrected chi connectivity index (χ2v) is 5.50. The smallest absolute Gasteiger partial charge is 0.239 e. The van der Waals surface area contributed by atoms with Gasteiger partial charge in [-0.15, -0.1) is 0 Å². The lowest BCUT2D eigenvalue weighted by Gasteiger charge is -2.17. The number of aliphatic hydroxyl groups excluding tert-OH is 1. The zero-order chi connectivity index (χ0) is 13.5. The average molecular weight is 244 g/mol. The summed E-state index contributed by atoms with van der Waals surface area (Å²) in [7, 11) is 0. The highest BCUT2D eigenvalue weighted by Crippen LogP contribution is 2.17. The van der Waals surface area contributed by atoms with E-state index in [0.29, 0.717) is 19.4 Å². The predicted octanol–water partition coefficient (Wildman–Crippen LogP) is 0.426. The van der Waals surface area contributed by atoms with E-state index in [0.717, 1.165) is 0 Å². The van der Waals surface area contributed by atoms with Crippen molar-refractivity contribution in [1.29, 1.82) is 0 Å². The third-order valence-corrected chi connectivity index (χ3v) is 2.02. The van der Waals surface area contributed by atoms with Crippen LogP contribution in [0.1, 0.15) is 40.5 Å². The molecule has 2 amide bonds. The Labute approximate surface area is 103 Å². The Kier molecular flexibility index (Phi) is 6.80. The molecule has 100 valence electrons. The Morgan fingerprint density at radius 1 is 1.18 bits per heavy atom. The molecule has 3 N–H and O–H groups in total. The van der Waals surface area contributed by atoms with Crippen molar-refractivity contribution in [3.05, 3.63) is 0 Å². The summed E-state index contributed by atoms with van der Waals surface area (Å²) in [4.78, 5) is 22.7. The molecule has 0 aliphatic rings. The van der Waals surface area contributed by atoms with Crippen LogP contribution < -0.4 is 10.6 Å². The van der Waals surface area contributed by atoms with Gasteiger partial charge in [0.25, 0.3) is 0 Å². The SMILES string of the molecule is CC(O)CCNC(=O)CNC(=O)CC(C)(C)C. The third kappa shape index (κ3) is 11.2. The van der Waals surface area contributed by atoms with E-state index in [-0.39, 0.29) is 23.8 Å². The molecular formula is C12H24N2O3. The van der Waals surface area contributed by atoms with Gasteiger partial charge in [-0.2, -0.15) is 0 Å². The Hall–Kier alpha value is -1.10. The van der Waals surface area contributed by atoms with Crippen LogP contribution in [0.2, 0.25) is 0 Å². The summed E-state index contributed by atoms with van der Waals surface area (Å²) < 4.78 is 0. The van der Waals surface area contributed by atoms with Crippen molar-refractivity contribution in [2.75, 3.05) is 13.1 Å². The highest BCUT2D eigenvalue weighted by Gasteiger charge is 2.16. The zero-order valence-electron chi connectivity index (χ0n) is 11.2. The topological polar surface area (TPSA) is 78.4 Å². The summed E-state index contributed by atoms with van der Waals surface area (Å²) in [6.07, 6.45) is 0.487. The number of carbonyl (C=O) groups is 2. The van der Waals surface area contributed by atoms with E-state index in [1.807, 2.05) is 20.8 Å². The van der Waals surface area contributed by atoms with Crippen LogP contribution in [0.3, 0.4) is 0 Å². The van der Waals surface area contributed by atoms with Crippen LogP contribution in [-0.4, -0.2) is 36.1 Å². The summed E-state index contributed by atoms with van der Waals surface area (Å²) in [5.74, 6) is -0.351. The van der Waals surface area contributed by atoms with Gasteiger partial charge in [-0.05, 0) is 18.8 Å². The molecule has 0 aromatic carbocycles. The maximum absolute atomic E-state index is 11.4. The third-order valence-electron chi connectivity index (χ3n) is 2.02. The van der Waals surface area contributed by atoms with Crippen molar-refractivity contribution >= 4 is 11.8 Å². The minimum Gasteiger partial charge on any atom is -0.393 e. The lowest BCUT2D eigenvalue weighted by Crippen LogP contribution is -2.38. The number of carbonyl (C=O) groups excluding carboxylic acids is 2. The molecular weight excluding hydrogens is 220 g/mol. The van der Waals surface area contributed by atoms with Gasteiger partial charge in [-0.25, -0.2) is 0 Å². The molecule has 0 radical (unpaired) electrons. The Bertz CT molecular complexity index is 257. The quantitative estimate of drug-likeness (QED) is 0.634. The van der Waals surface area contributed by atoms with E-state index in [9.17, 15) is 9.59 Å². The van der Waals surface area contributed by atoms with Gasteiger partial charge in [-0.1, -0.05) is 20.8 Å². The largest absolute Gasteiger partial charge is 0.393 e. The maximum atomic E-state index is 11.4. The number of hydrogen-bond acceptors (Lipinski definition) is 3. The van der Waals surface area contributed by atoms with Crippen LogP contribution in [0, 0.1) is 5.41 Å². The zero-order valence-corrected chi connectivity index (χ0v) is 11.2. The van der Waals surface area contributed by atoms with Crippen LogP contribution in [-0.2, 0) is 9.59 Å². The van der Waals surface area contributed by atoms with E-state index in [2.05, 4.69) is 10.6 Å². The molecule has 5 nitrogen and oxygen atoms in total. The molecule has 0 aliphatic heterocycles. The van der Waals surface area contributed by atoms with Crippen molar-refractivity contribution in [3.63, 3.8) is 0 Å². The summed E-state index contributed by atoms with van der Waals surface area (Å²) in [6, 6.07) is 0. The van der Waals surface area contributed by atoms with Crippen molar-refractivity contribution in [2.24, 2.45) is 5.41 Å². The van der Waals surface area contributed by atoms with Crippen LogP contribution in [0.4, 0.5) is 0 Å². The first-order valence-corrected chi connectivity index (χ1v) is 5.92. The minimum absolute atomic E-state index is 0.00524. The average Bonchev–Trinajstić information content (AvgIpc) is 2.11. The van der Waals surface area contributed by atoms with E-state index >= 15 is 0 Å². The number of aliphatic hydroxyl groups is 1. The second kappa shape index (κ2) is 7.27. The van der Waals surface area contributed by atoms with Gasteiger partial charge in [0.2, 0.25) is 11.8 Å². The monoisotopic (exact) mass is 244 g/mol. The lowest BCUT2D eigenvalue weighted by atomic mass is 9.92. The molecule has 0 saturated carbocycles. The molecule has 1 atom stereocenters. The predicted molar refractivity (Wildman–Crippen MR) is 66.4 cm³/mol. The highest BCUT2D eigenvalue weighted by molar-refractivity contribution is 5.84. The van der Waals surface area contributed by atoms with Gasteiger partial charge >= 0.3 is 0 Å². The van der Waals surface area contributed by atoms with Crippen molar-refractivity contribution < 1.29 is 14.7 Å². The van der Waals surface area contributed by atoms with Gasteiger partial charge < -0.3 is 15.7 Å². The van der Waals surface area contributed by atoms with Crippen molar-refractivity contribution in [2.45, 2.75) is 46.6 Å². The fourth-order valence-electron chi connectivity index (χ4n) is 1.21. The molecule has 0 fully saturated rings. The summed E-state index contributed by atoms with van der Waals surface area (Å²) in [5, 5.41) is 14.2. The lowest BCUT2D eigenvalue weighted by molar-refractivity contribution is -0.127. The van der Waals surface area contributed by atoms with Crippen LogP contribution in [0.5, 0.6) is 0 Å². The van der Waals surface area contributed by atoms with Gasteiger partial charge in [0, 0.05) is 13.0 Å². The van der Waals surface area contributed by atoms with Crippen LogP contribution >= 0.6 is 0 Å². The minimum atomic E-state index is -0.425. The van der Waals surface area contributed by atoms with E-state index in [1.54, 1.807) is 6.92 Å². The highest BCUT2D eigenvalue weighted by atomic mass is 16.3. The fraction of sp³-hybridized carbons (Fsp3) is 0.833. The maximum Gasteiger partial charge on any atom is 0.239 e. The molecule has 17 heavy (non-hydrogen) atoms. The Morgan fingerprint density at radius 3 is 2.24 bits per heavy atom. The van der Waals surface area contributed by atoms with Crippen LogP contribution in [0.15, 0.2) is 0 Å². The summed E-state index contributed by atoms with van der Waals surface area (Å²) in [6.45, 7) is 7.98. The van der Waals surface area contributed by atoms with Gasteiger partial charge in [0.15, 0.2) is 0 Å². The van der Waals surface area contributed by atoms with E-state index in [4.69, 9.17) is 5.11 Å². The van der Waals surface area contributed by atoms with Gasteiger partial charge in [-0.3, -0.25) is 9.59 Å². The van der Waals surface area contributed by atoms with Crippen molar-refractivity contribution in [1.82, 2.24) is 10.6 Å². The number of nitrogens with one attached hydrogen (secondary N) is 2. The Balaban J connectivity index is 3.67. The molecule has 0 aromatic rings. The molecule has 0 heterocycles. The summed E-state index contributed by atoms with van der Waals surface area (Å²) >= 11 is 0. The molecule has 0 spiro atoms. The first-order valence-electron chi connectivity index (χ1n) is 5.92. The number of hydrogen-bond donors (Lipinski definition) is 3. The molecule has 0 aromatic heterocycles. The fourth-order valence-corrected chi connectivity index (χ4v) is 1.21.